The summed E-state index contributed by atoms with van der Waals surface area (Å²) < 4.78 is 1.04. The Bertz CT molecular complexity index is 421. The average molecular weight is 312 g/mol. The second kappa shape index (κ2) is 5.71. The quantitative estimate of drug-likeness (QED) is 0.919. The minimum atomic E-state index is -0.130. The Morgan fingerprint density at radius 2 is 2.00 bits per heavy atom. The lowest BCUT2D eigenvalue weighted by atomic mass is 10.1. The van der Waals surface area contributed by atoms with Gasteiger partial charge in [-0.25, -0.2) is 0 Å². The molecule has 1 amide bonds. The molecule has 2 rings (SSSR count). The summed E-state index contributed by atoms with van der Waals surface area (Å²) >= 11 is 3.42. The molecule has 0 radical (unpaired) electrons. The molecule has 0 aliphatic carbocycles. The Hall–Kier alpha value is -1.07. The highest BCUT2D eigenvalue weighted by Crippen LogP contribution is 2.24. The van der Waals surface area contributed by atoms with E-state index in [1.807, 2.05) is 31.3 Å². The summed E-state index contributed by atoms with van der Waals surface area (Å²) in [5.41, 5.74) is 6.71. The molecule has 1 atom stereocenters. The van der Waals surface area contributed by atoms with Crippen molar-refractivity contribution in [1.29, 1.82) is 0 Å². The van der Waals surface area contributed by atoms with Gasteiger partial charge in [-0.2, -0.15) is 0 Å². The smallest absolute Gasteiger partial charge is 0.245 e. The number of nitrogens with zero attached hydrogens (tertiary/aromatic N) is 2. The molecule has 2 N–H and O–H groups in total. The summed E-state index contributed by atoms with van der Waals surface area (Å²) in [6.45, 7) is 2.14. The second-order valence-corrected chi connectivity index (χ2v) is 5.44. The summed E-state index contributed by atoms with van der Waals surface area (Å²) in [6.07, 6.45) is 0.694. The Morgan fingerprint density at radius 3 is 2.61 bits per heavy atom. The number of carbonyl (C=O) groups is 1. The van der Waals surface area contributed by atoms with Crippen LogP contribution in [0.5, 0.6) is 0 Å². The van der Waals surface area contributed by atoms with E-state index in [1.54, 1.807) is 4.90 Å². The van der Waals surface area contributed by atoms with Gasteiger partial charge in [-0.15, -0.1) is 0 Å². The van der Waals surface area contributed by atoms with Crippen molar-refractivity contribution in [3.05, 3.63) is 28.7 Å². The molecule has 1 aromatic rings. The normalized spacial score (nSPS) is 20.4. The van der Waals surface area contributed by atoms with Crippen molar-refractivity contribution in [1.82, 2.24) is 4.90 Å². The first-order valence-corrected chi connectivity index (χ1v) is 6.90. The fourth-order valence-corrected chi connectivity index (χ4v) is 2.55. The molecule has 5 heteroatoms. The molecule has 98 valence electrons. The van der Waals surface area contributed by atoms with Gasteiger partial charge in [-0.3, -0.25) is 4.79 Å². The number of amides is 1. The maximum atomic E-state index is 12.2. The number of carbonyl (C=O) groups excluding carboxylic acids is 1. The van der Waals surface area contributed by atoms with Crippen LogP contribution in [0.4, 0.5) is 5.69 Å². The zero-order chi connectivity index (χ0) is 13.1. The molecule has 18 heavy (non-hydrogen) atoms. The lowest BCUT2D eigenvalue weighted by Crippen LogP contribution is -2.56. The standard InChI is InChI=1S/C13H18BrN3O/c1-16-8-9-17(12(6-7-15)13(16)18)11-4-2-10(14)3-5-11/h2-5,12H,6-9,15H2,1H3. The predicted molar refractivity (Wildman–Crippen MR) is 76.6 cm³/mol. The Labute approximate surface area is 116 Å². The molecule has 0 aromatic heterocycles. The Morgan fingerprint density at radius 1 is 1.33 bits per heavy atom. The van der Waals surface area contributed by atoms with Crippen LogP contribution in [0.3, 0.4) is 0 Å². The molecule has 0 saturated carbocycles. The largest absolute Gasteiger partial charge is 0.358 e. The van der Waals surface area contributed by atoms with Crippen molar-refractivity contribution in [2.24, 2.45) is 5.73 Å². The van der Waals surface area contributed by atoms with E-state index in [0.29, 0.717) is 13.0 Å². The highest BCUT2D eigenvalue weighted by atomic mass is 79.9. The number of anilines is 1. The molecule has 0 bridgehead atoms. The number of benzene rings is 1. The number of nitrogens with two attached hydrogens (primary N) is 1. The highest BCUT2D eigenvalue weighted by Gasteiger charge is 2.32. The number of hydrogen-bond donors (Lipinski definition) is 1. The van der Waals surface area contributed by atoms with E-state index in [4.69, 9.17) is 5.73 Å². The molecular formula is C13H18BrN3O. The molecule has 1 fully saturated rings. The molecule has 1 aliphatic heterocycles. The van der Waals surface area contributed by atoms with Crippen molar-refractivity contribution in [2.45, 2.75) is 12.5 Å². The van der Waals surface area contributed by atoms with E-state index < -0.39 is 0 Å². The third-order valence-electron chi connectivity index (χ3n) is 3.31. The summed E-state index contributed by atoms with van der Waals surface area (Å²) in [4.78, 5) is 16.1. The third kappa shape index (κ3) is 2.67. The molecule has 1 aliphatic rings. The monoisotopic (exact) mass is 311 g/mol. The average Bonchev–Trinajstić information content (AvgIpc) is 2.37. The minimum absolute atomic E-state index is 0.130. The van der Waals surface area contributed by atoms with Crippen LogP contribution in [-0.4, -0.2) is 43.5 Å². The number of piperazine rings is 1. The van der Waals surface area contributed by atoms with Crippen LogP contribution in [-0.2, 0) is 4.79 Å². The summed E-state index contributed by atoms with van der Waals surface area (Å²) in [6, 6.07) is 7.93. The van der Waals surface area contributed by atoms with Gasteiger partial charge in [-0.05, 0) is 37.2 Å². The summed E-state index contributed by atoms with van der Waals surface area (Å²) in [5, 5.41) is 0. The molecular weight excluding hydrogens is 294 g/mol. The number of hydrogen-bond acceptors (Lipinski definition) is 3. The maximum Gasteiger partial charge on any atom is 0.245 e. The van der Waals surface area contributed by atoms with Gasteiger partial charge in [0.2, 0.25) is 5.91 Å². The van der Waals surface area contributed by atoms with Crippen LogP contribution in [0.2, 0.25) is 0 Å². The summed E-state index contributed by atoms with van der Waals surface area (Å²) in [5.74, 6) is 0.162. The van der Waals surface area contributed by atoms with Crippen molar-refractivity contribution in [3.63, 3.8) is 0 Å². The van der Waals surface area contributed by atoms with E-state index in [-0.39, 0.29) is 11.9 Å². The van der Waals surface area contributed by atoms with Crippen LogP contribution in [0.1, 0.15) is 6.42 Å². The van der Waals surface area contributed by atoms with E-state index in [9.17, 15) is 4.79 Å². The first kappa shape index (κ1) is 13.4. The zero-order valence-corrected chi connectivity index (χ0v) is 12.1. The Kier molecular flexibility index (Phi) is 4.24. The predicted octanol–water partition coefficient (Wildman–Crippen LogP) is 1.44. The van der Waals surface area contributed by atoms with E-state index in [1.165, 1.54) is 0 Å². The van der Waals surface area contributed by atoms with Gasteiger partial charge in [-0.1, -0.05) is 15.9 Å². The van der Waals surface area contributed by atoms with Crippen LogP contribution >= 0.6 is 15.9 Å². The van der Waals surface area contributed by atoms with Gasteiger partial charge < -0.3 is 15.5 Å². The second-order valence-electron chi connectivity index (χ2n) is 4.52. The molecule has 1 aromatic carbocycles. The molecule has 0 spiro atoms. The van der Waals surface area contributed by atoms with Gasteiger partial charge in [0.1, 0.15) is 6.04 Å². The van der Waals surface area contributed by atoms with Crippen molar-refractivity contribution in [3.8, 4) is 0 Å². The fraction of sp³-hybridized carbons (Fsp3) is 0.462. The van der Waals surface area contributed by atoms with Gasteiger partial charge >= 0.3 is 0 Å². The van der Waals surface area contributed by atoms with Crippen molar-refractivity contribution < 1.29 is 4.79 Å². The molecule has 1 heterocycles. The van der Waals surface area contributed by atoms with Crippen LogP contribution in [0.15, 0.2) is 28.7 Å². The van der Waals surface area contributed by atoms with E-state index in [2.05, 4.69) is 20.8 Å². The summed E-state index contributed by atoms with van der Waals surface area (Å²) in [7, 11) is 1.85. The lowest BCUT2D eigenvalue weighted by molar-refractivity contribution is -0.133. The van der Waals surface area contributed by atoms with Crippen LogP contribution in [0.25, 0.3) is 0 Å². The van der Waals surface area contributed by atoms with Crippen molar-refractivity contribution >= 4 is 27.5 Å². The highest BCUT2D eigenvalue weighted by molar-refractivity contribution is 9.10. The fourth-order valence-electron chi connectivity index (χ4n) is 2.29. The minimum Gasteiger partial charge on any atom is -0.358 e. The third-order valence-corrected chi connectivity index (χ3v) is 3.84. The van der Waals surface area contributed by atoms with Crippen LogP contribution in [0, 0.1) is 0 Å². The first-order valence-electron chi connectivity index (χ1n) is 6.10. The maximum absolute atomic E-state index is 12.2. The Balaban J connectivity index is 2.24. The van der Waals surface area contributed by atoms with Gasteiger partial charge in [0, 0.05) is 30.3 Å². The van der Waals surface area contributed by atoms with E-state index >= 15 is 0 Å². The topological polar surface area (TPSA) is 49.6 Å². The molecule has 1 saturated heterocycles. The first-order chi connectivity index (χ1) is 8.63. The number of rotatable bonds is 3. The zero-order valence-electron chi connectivity index (χ0n) is 10.5. The van der Waals surface area contributed by atoms with E-state index in [0.717, 1.165) is 23.2 Å². The number of likely N-dealkylation sites (N-methyl/N-ethyl adjacent to an activating group) is 1. The van der Waals surface area contributed by atoms with Crippen LogP contribution < -0.4 is 10.6 Å². The van der Waals surface area contributed by atoms with Gasteiger partial charge in [0.25, 0.3) is 0 Å². The number of halogens is 1. The van der Waals surface area contributed by atoms with Gasteiger partial charge in [0.15, 0.2) is 0 Å². The van der Waals surface area contributed by atoms with Crippen molar-refractivity contribution in [2.75, 3.05) is 31.6 Å². The van der Waals surface area contributed by atoms with Gasteiger partial charge in [0.05, 0.1) is 0 Å². The molecule has 4 nitrogen and oxygen atoms in total. The SMILES string of the molecule is CN1CCN(c2ccc(Br)cc2)C(CCN)C1=O. The molecule has 1 unspecified atom stereocenters. The lowest BCUT2D eigenvalue weighted by Gasteiger charge is -2.40.